The maximum Gasteiger partial charge on any atom is 0.307 e. The highest BCUT2D eigenvalue weighted by molar-refractivity contribution is 5.69. The SMILES string of the molecule is CCCCCCCN1CCNC[C@@H]1CC(=O)OC. The zero-order valence-electron chi connectivity index (χ0n) is 11.9. The molecule has 4 heteroatoms. The molecule has 0 aliphatic carbocycles. The standard InChI is InChI=1S/C14H28N2O2/c1-3-4-5-6-7-9-16-10-8-15-12-13(16)11-14(17)18-2/h13,15H,3-12H2,1-2H3/t13-/m0/s1. The van der Waals surface area contributed by atoms with Gasteiger partial charge in [0.05, 0.1) is 13.5 Å². The first-order valence-electron chi connectivity index (χ1n) is 7.29. The number of piperazine rings is 1. The van der Waals surface area contributed by atoms with Crippen molar-refractivity contribution in [2.24, 2.45) is 0 Å². The number of carbonyl (C=O) groups excluding carboxylic acids is 1. The summed E-state index contributed by atoms with van der Waals surface area (Å²) in [5.74, 6) is -0.0975. The third-order valence-electron chi connectivity index (χ3n) is 3.65. The Hall–Kier alpha value is -0.610. The lowest BCUT2D eigenvalue weighted by Crippen LogP contribution is -2.52. The van der Waals surface area contributed by atoms with E-state index in [0.29, 0.717) is 12.5 Å². The second kappa shape index (κ2) is 9.34. The molecule has 0 aromatic rings. The summed E-state index contributed by atoms with van der Waals surface area (Å²) in [5.41, 5.74) is 0. The summed E-state index contributed by atoms with van der Waals surface area (Å²) in [4.78, 5) is 13.8. The van der Waals surface area contributed by atoms with Gasteiger partial charge in [0.2, 0.25) is 0 Å². The Morgan fingerprint density at radius 3 is 2.83 bits per heavy atom. The van der Waals surface area contributed by atoms with E-state index in [1.54, 1.807) is 0 Å². The van der Waals surface area contributed by atoms with Gasteiger partial charge in [-0.05, 0) is 13.0 Å². The molecule has 0 aromatic carbocycles. The molecular weight excluding hydrogens is 228 g/mol. The Morgan fingerprint density at radius 2 is 2.11 bits per heavy atom. The van der Waals surface area contributed by atoms with E-state index in [2.05, 4.69) is 17.1 Å². The van der Waals surface area contributed by atoms with Crippen LogP contribution in [-0.4, -0.2) is 50.2 Å². The Morgan fingerprint density at radius 1 is 1.33 bits per heavy atom. The molecule has 0 saturated carbocycles. The van der Waals surface area contributed by atoms with E-state index in [-0.39, 0.29) is 5.97 Å². The highest BCUT2D eigenvalue weighted by atomic mass is 16.5. The van der Waals surface area contributed by atoms with Gasteiger partial charge in [-0.15, -0.1) is 0 Å². The smallest absolute Gasteiger partial charge is 0.307 e. The van der Waals surface area contributed by atoms with Crippen molar-refractivity contribution < 1.29 is 9.53 Å². The quantitative estimate of drug-likeness (QED) is 0.531. The highest BCUT2D eigenvalue weighted by Gasteiger charge is 2.24. The van der Waals surface area contributed by atoms with Crippen LogP contribution in [0.4, 0.5) is 0 Å². The van der Waals surface area contributed by atoms with Crippen molar-refractivity contribution in [3.63, 3.8) is 0 Å². The molecule has 1 rings (SSSR count). The monoisotopic (exact) mass is 256 g/mol. The topological polar surface area (TPSA) is 41.6 Å². The number of carbonyl (C=O) groups is 1. The summed E-state index contributed by atoms with van der Waals surface area (Å²) in [6.07, 6.45) is 7.04. The van der Waals surface area contributed by atoms with Gasteiger partial charge in [0, 0.05) is 25.7 Å². The molecule has 1 N–H and O–H groups in total. The van der Waals surface area contributed by atoms with Crippen LogP contribution in [0.1, 0.15) is 45.4 Å². The summed E-state index contributed by atoms with van der Waals surface area (Å²) in [5, 5.41) is 3.36. The summed E-state index contributed by atoms with van der Waals surface area (Å²) < 4.78 is 4.77. The number of ether oxygens (including phenoxy) is 1. The molecule has 0 radical (unpaired) electrons. The highest BCUT2D eigenvalue weighted by Crippen LogP contribution is 2.11. The third-order valence-corrected chi connectivity index (χ3v) is 3.65. The van der Waals surface area contributed by atoms with Crippen LogP contribution >= 0.6 is 0 Å². The molecule has 0 bridgehead atoms. The predicted molar refractivity (Wildman–Crippen MR) is 73.6 cm³/mol. The molecular formula is C14H28N2O2. The van der Waals surface area contributed by atoms with Crippen LogP contribution in [0.3, 0.4) is 0 Å². The normalized spacial score (nSPS) is 20.9. The Bertz CT molecular complexity index is 234. The van der Waals surface area contributed by atoms with Crippen molar-refractivity contribution in [1.82, 2.24) is 10.2 Å². The van der Waals surface area contributed by atoms with E-state index in [0.717, 1.165) is 26.2 Å². The van der Waals surface area contributed by atoms with Gasteiger partial charge < -0.3 is 10.1 Å². The Labute approximate surface area is 111 Å². The van der Waals surface area contributed by atoms with E-state index in [4.69, 9.17) is 4.74 Å². The average Bonchev–Trinajstić information content (AvgIpc) is 2.40. The van der Waals surface area contributed by atoms with Gasteiger partial charge in [-0.1, -0.05) is 32.6 Å². The van der Waals surface area contributed by atoms with Crippen LogP contribution in [0.2, 0.25) is 0 Å². The number of unbranched alkanes of at least 4 members (excludes halogenated alkanes) is 4. The van der Waals surface area contributed by atoms with Crippen LogP contribution in [-0.2, 0) is 9.53 Å². The van der Waals surface area contributed by atoms with Gasteiger partial charge in [-0.2, -0.15) is 0 Å². The molecule has 0 spiro atoms. The Kier molecular flexibility index (Phi) is 8.01. The van der Waals surface area contributed by atoms with Crippen molar-refractivity contribution in [3.05, 3.63) is 0 Å². The first-order chi connectivity index (χ1) is 8.77. The molecule has 0 aromatic heterocycles. The van der Waals surface area contributed by atoms with Gasteiger partial charge in [-0.25, -0.2) is 0 Å². The number of rotatable bonds is 8. The summed E-state index contributed by atoms with van der Waals surface area (Å²) in [6, 6.07) is 0.317. The molecule has 1 fully saturated rings. The van der Waals surface area contributed by atoms with E-state index >= 15 is 0 Å². The summed E-state index contributed by atoms with van der Waals surface area (Å²) >= 11 is 0. The lowest BCUT2D eigenvalue weighted by molar-refractivity contribution is -0.142. The second-order valence-corrected chi connectivity index (χ2v) is 5.09. The van der Waals surface area contributed by atoms with Gasteiger partial charge >= 0.3 is 5.97 Å². The largest absolute Gasteiger partial charge is 0.469 e. The predicted octanol–water partition coefficient (Wildman–Crippen LogP) is 1.79. The Balaban J connectivity index is 2.24. The van der Waals surface area contributed by atoms with Crippen LogP contribution in [0.15, 0.2) is 0 Å². The van der Waals surface area contributed by atoms with E-state index in [1.807, 2.05) is 0 Å². The fraction of sp³-hybridized carbons (Fsp3) is 0.929. The van der Waals surface area contributed by atoms with Crippen LogP contribution in [0, 0.1) is 0 Å². The fourth-order valence-corrected chi connectivity index (χ4v) is 2.49. The van der Waals surface area contributed by atoms with E-state index in [9.17, 15) is 4.79 Å². The maximum atomic E-state index is 11.4. The molecule has 18 heavy (non-hydrogen) atoms. The molecule has 0 amide bonds. The molecule has 4 nitrogen and oxygen atoms in total. The summed E-state index contributed by atoms with van der Waals surface area (Å²) in [6.45, 7) is 6.35. The lowest BCUT2D eigenvalue weighted by atomic mass is 10.1. The molecule has 0 unspecified atom stereocenters. The van der Waals surface area contributed by atoms with Crippen LogP contribution in [0.25, 0.3) is 0 Å². The van der Waals surface area contributed by atoms with Crippen molar-refractivity contribution in [1.29, 1.82) is 0 Å². The van der Waals surface area contributed by atoms with Gasteiger partial charge in [0.1, 0.15) is 0 Å². The first-order valence-corrected chi connectivity index (χ1v) is 7.29. The van der Waals surface area contributed by atoms with Crippen molar-refractivity contribution in [2.75, 3.05) is 33.3 Å². The van der Waals surface area contributed by atoms with Gasteiger partial charge in [0.25, 0.3) is 0 Å². The van der Waals surface area contributed by atoms with Crippen LogP contribution < -0.4 is 5.32 Å². The fourth-order valence-electron chi connectivity index (χ4n) is 2.49. The number of nitrogens with one attached hydrogen (secondary N) is 1. The first kappa shape index (κ1) is 15.4. The number of hydrogen-bond acceptors (Lipinski definition) is 4. The maximum absolute atomic E-state index is 11.4. The molecule has 1 saturated heterocycles. The molecule has 1 aliphatic rings. The lowest BCUT2D eigenvalue weighted by Gasteiger charge is -2.35. The van der Waals surface area contributed by atoms with Crippen molar-refractivity contribution in [2.45, 2.75) is 51.5 Å². The minimum atomic E-state index is -0.0975. The average molecular weight is 256 g/mol. The minimum absolute atomic E-state index is 0.0975. The van der Waals surface area contributed by atoms with Gasteiger partial charge in [0.15, 0.2) is 0 Å². The number of hydrogen-bond donors (Lipinski definition) is 1. The minimum Gasteiger partial charge on any atom is -0.469 e. The van der Waals surface area contributed by atoms with Crippen LogP contribution in [0.5, 0.6) is 0 Å². The van der Waals surface area contributed by atoms with E-state index in [1.165, 1.54) is 39.2 Å². The molecule has 106 valence electrons. The number of nitrogens with zero attached hydrogens (tertiary/aromatic N) is 1. The van der Waals surface area contributed by atoms with Gasteiger partial charge in [-0.3, -0.25) is 9.69 Å². The number of methoxy groups -OCH3 is 1. The summed E-state index contributed by atoms with van der Waals surface area (Å²) in [7, 11) is 1.47. The van der Waals surface area contributed by atoms with Crippen molar-refractivity contribution in [3.8, 4) is 0 Å². The second-order valence-electron chi connectivity index (χ2n) is 5.09. The van der Waals surface area contributed by atoms with E-state index < -0.39 is 0 Å². The molecule has 1 atom stereocenters. The molecule has 1 aliphatic heterocycles. The number of esters is 1. The zero-order valence-corrected chi connectivity index (χ0v) is 11.9. The third kappa shape index (κ3) is 5.83. The zero-order chi connectivity index (χ0) is 13.2. The molecule has 1 heterocycles. The van der Waals surface area contributed by atoms with Crippen molar-refractivity contribution >= 4 is 5.97 Å².